The molecule has 7 heteroatoms. The Labute approximate surface area is 91.0 Å². The fourth-order valence-electron chi connectivity index (χ4n) is 0.965. The van der Waals surface area contributed by atoms with Gasteiger partial charge >= 0.3 is 5.97 Å². The van der Waals surface area contributed by atoms with Crippen molar-refractivity contribution in [2.75, 3.05) is 20.2 Å². The molecule has 82 valence electrons. The SMILES string of the molecule is CCN(CC(=O)OC)C(=O)c1cnns1. The van der Waals surface area contributed by atoms with Crippen molar-refractivity contribution < 1.29 is 14.3 Å². The molecule has 0 atom stereocenters. The summed E-state index contributed by atoms with van der Waals surface area (Å²) in [6, 6.07) is 0. The Morgan fingerprint density at radius 3 is 2.80 bits per heavy atom. The molecule has 0 spiro atoms. The summed E-state index contributed by atoms with van der Waals surface area (Å²) < 4.78 is 8.08. The van der Waals surface area contributed by atoms with E-state index in [0.29, 0.717) is 11.4 Å². The minimum Gasteiger partial charge on any atom is -0.468 e. The second-order valence-electron chi connectivity index (χ2n) is 2.68. The van der Waals surface area contributed by atoms with E-state index in [-0.39, 0.29) is 12.5 Å². The van der Waals surface area contributed by atoms with E-state index < -0.39 is 5.97 Å². The summed E-state index contributed by atoms with van der Waals surface area (Å²) in [7, 11) is 1.29. The van der Waals surface area contributed by atoms with Crippen LogP contribution in [0, 0.1) is 0 Å². The van der Waals surface area contributed by atoms with Crippen molar-refractivity contribution >= 4 is 23.4 Å². The van der Waals surface area contributed by atoms with Crippen LogP contribution in [-0.4, -0.2) is 46.6 Å². The Bertz CT molecular complexity index is 339. The summed E-state index contributed by atoms with van der Waals surface area (Å²) >= 11 is 1.00. The zero-order valence-corrected chi connectivity index (χ0v) is 9.28. The van der Waals surface area contributed by atoms with Gasteiger partial charge in [-0.2, -0.15) is 0 Å². The number of ether oxygens (including phenoxy) is 1. The Morgan fingerprint density at radius 2 is 2.33 bits per heavy atom. The van der Waals surface area contributed by atoms with Gasteiger partial charge in [-0.1, -0.05) is 4.49 Å². The number of hydrogen-bond acceptors (Lipinski definition) is 6. The lowest BCUT2D eigenvalue weighted by Crippen LogP contribution is -2.35. The van der Waals surface area contributed by atoms with Crippen LogP contribution in [0.2, 0.25) is 0 Å². The molecule has 1 heterocycles. The highest BCUT2D eigenvalue weighted by atomic mass is 32.1. The number of likely N-dealkylation sites (N-methyl/N-ethyl adjacent to an activating group) is 1. The summed E-state index contributed by atoms with van der Waals surface area (Å²) in [5.74, 6) is -0.694. The first-order valence-electron chi connectivity index (χ1n) is 4.32. The third-order valence-corrected chi connectivity index (χ3v) is 2.44. The van der Waals surface area contributed by atoms with E-state index in [1.54, 1.807) is 6.92 Å². The predicted molar refractivity (Wildman–Crippen MR) is 53.5 cm³/mol. The molecule has 1 aromatic rings. The maximum absolute atomic E-state index is 11.7. The molecule has 0 aliphatic carbocycles. The highest BCUT2D eigenvalue weighted by Crippen LogP contribution is 2.07. The summed E-state index contributed by atoms with van der Waals surface area (Å²) in [4.78, 5) is 24.5. The van der Waals surface area contributed by atoms with Crippen molar-refractivity contribution in [3.05, 3.63) is 11.1 Å². The van der Waals surface area contributed by atoms with Gasteiger partial charge in [0.25, 0.3) is 5.91 Å². The first-order valence-corrected chi connectivity index (χ1v) is 5.09. The number of esters is 1. The molecular formula is C8H11N3O3S. The fourth-order valence-corrected chi connectivity index (χ4v) is 1.45. The predicted octanol–water partition coefficient (Wildman–Crippen LogP) is 0.173. The minimum atomic E-state index is -0.442. The molecule has 15 heavy (non-hydrogen) atoms. The lowest BCUT2D eigenvalue weighted by Gasteiger charge is -2.17. The third kappa shape index (κ3) is 2.98. The van der Waals surface area contributed by atoms with Crippen LogP contribution < -0.4 is 0 Å². The summed E-state index contributed by atoms with van der Waals surface area (Å²) in [5, 5.41) is 3.56. The van der Waals surface area contributed by atoms with Crippen LogP contribution in [0.25, 0.3) is 0 Å². The second kappa shape index (κ2) is 5.40. The monoisotopic (exact) mass is 229 g/mol. The van der Waals surface area contributed by atoms with Gasteiger partial charge in [0.2, 0.25) is 0 Å². The average Bonchev–Trinajstić information content (AvgIpc) is 2.77. The molecule has 0 saturated carbocycles. The zero-order chi connectivity index (χ0) is 11.3. The summed E-state index contributed by atoms with van der Waals surface area (Å²) in [6.07, 6.45) is 1.38. The van der Waals surface area contributed by atoms with Crippen LogP contribution >= 0.6 is 11.5 Å². The molecule has 0 saturated heterocycles. The van der Waals surface area contributed by atoms with Gasteiger partial charge in [-0.3, -0.25) is 9.59 Å². The third-order valence-electron chi connectivity index (χ3n) is 1.79. The topological polar surface area (TPSA) is 72.4 Å². The lowest BCUT2D eigenvalue weighted by molar-refractivity contribution is -0.141. The first-order chi connectivity index (χ1) is 7.19. The molecule has 0 N–H and O–H groups in total. The number of carbonyl (C=O) groups is 2. The van der Waals surface area contributed by atoms with Gasteiger partial charge < -0.3 is 9.64 Å². The minimum absolute atomic E-state index is 0.0519. The van der Waals surface area contributed by atoms with Crippen LogP contribution in [0.4, 0.5) is 0 Å². The van der Waals surface area contributed by atoms with E-state index >= 15 is 0 Å². The number of hydrogen-bond donors (Lipinski definition) is 0. The summed E-state index contributed by atoms with van der Waals surface area (Å²) in [6.45, 7) is 2.17. The highest BCUT2D eigenvalue weighted by molar-refractivity contribution is 7.07. The van der Waals surface area contributed by atoms with Crippen LogP contribution in [-0.2, 0) is 9.53 Å². The van der Waals surface area contributed by atoms with Crippen molar-refractivity contribution in [1.82, 2.24) is 14.5 Å². The molecule has 1 rings (SSSR count). The van der Waals surface area contributed by atoms with Crippen LogP contribution in [0.5, 0.6) is 0 Å². The molecule has 0 aliphatic rings. The smallest absolute Gasteiger partial charge is 0.325 e. The standard InChI is InChI=1S/C8H11N3O3S/c1-3-11(5-7(12)14-2)8(13)6-4-9-10-15-6/h4H,3,5H2,1-2H3. The Hall–Kier alpha value is -1.50. The molecule has 0 bridgehead atoms. The molecule has 0 aliphatic heterocycles. The largest absolute Gasteiger partial charge is 0.468 e. The molecule has 0 fully saturated rings. The average molecular weight is 229 g/mol. The van der Waals surface area contributed by atoms with Gasteiger partial charge in [0, 0.05) is 6.54 Å². The van der Waals surface area contributed by atoms with Crippen LogP contribution in [0.3, 0.4) is 0 Å². The fraction of sp³-hybridized carbons (Fsp3) is 0.500. The van der Waals surface area contributed by atoms with Crippen LogP contribution in [0.1, 0.15) is 16.6 Å². The van der Waals surface area contributed by atoms with E-state index in [2.05, 4.69) is 14.3 Å². The maximum Gasteiger partial charge on any atom is 0.325 e. The van der Waals surface area contributed by atoms with Crippen molar-refractivity contribution in [3.8, 4) is 0 Å². The zero-order valence-electron chi connectivity index (χ0n) is 8.47. The van der Waals surface area contributed by atoms with Gasteiger partial charge in [0.05, 0.1) is 13.3 Å². The quantitative estimate of drug-likeness (QED) is 0.688. The van der Waals surface area contributed by atoms with Crippen LogP contribution in [0.15, 0.2) is 6.20 Å². The molecule has 6 nitrogen and oxygen atoms in total. The lowest BCUT2D eigenvalue weighted by atomic mass is 10.4. The molecule has 1 amide bonds. The molecule has 0 radical (unpaired) electrons. The van der Waals surface area contributed by atoms with Gasteiger partial charge in [-0.05, 0) is 18.5 Å². The van der Waals surface area contributed by atoms with E-state index in [4.69, 9.17) is 0 Å². The van der Waals surface area contributed by atoms with Crippen molar-refractivity contribution in [2.45, 2.75) is 6.92 Å². The second-order valence-corrected chi connectivity index (χ2v) is 3.46. The number of nitrogens with zero attached hydrogens (tertiary/aromatic N) is 3. The molecule has 0 unspecified atom stereocenters. The number of aromatic nitrogens is 2. The van der Waals surface area contributed by atoms with Crippen molar-refractivity contribution in [1.29, 1.82) is 0 Å². The van der Waals surface area contributed by atoms with Crippen molar-refractivity contribution in [3.63, 3.8) is 0 Å². The molecular weight excluding hydrogens is 218 g/mol. The number of rotatable bonds is 4. The van der Waals surface area contributed by atoms with E-state index in [0.717, 1.165) is 11.5 Å². The first kappa shape index (κ1) is 11.6. The number of carbonyl (C=O) groups excluding carboxylic acids is 2. The maximum atomic E-state index is 11.7. The summed E-state index contributed by atoms with van der Waals surface area (Å²) in [5.41, 5.74) is 0. The molecule has 0 aromatic carbocycles. The van der Waals surface area contributed by atoms with E-state index in [9.17, 15) is 9.59 Å². The van der Waals surface area contributed by atoms with E-state index in [1.165, 1.54) is 18.2 Å². The Morgan fingerprint density at radius 1 is 1.60 bits per heavy atom. The normalized spacial score (nSPS) is 9.73. The highest BCUT2D eigenvalue weighted by Gasteiger charge is 2.19. The number of methoxy groups -OCH3 is 1. The van der Waals surface area contributed by atoms with Crippen molar-refractivity contribution in [2.24, 2.45) is 0 Å². The molecule has 1 aromatic heterocycles. The van der Waals surface area contributed by atoms with Gasteiger partial charge in [0.15, 0.2) is 0 Å². The van der Waals surface area contributed by atoms with Gasteiger partial charge in [0.1, 0.15) is 11.4 Å². The van der Waals surface area contributed by atoms with E-state index in [1.807, 2.05) is 0 Å². The Balaban J connectivity index is 2.67. The van der Waals surface area contributed by atoms with Gasteiger partial charge in [-0.25, -0.2) is 0 Å². The Kier molecular flexibility index (Phi) is 4.17. The van der Waals surface area contributed by atoms with Gasteiger partial charge in [-0.15, -0.1) is 5.10 Å². The number of amides is 1.